The molecule has 7 rings (SSSR count). The summed E-state index contributed by atoms with van der Waals surface area (Å²) >= 11 is 7.88. The van der Waals surface area contributed by atoms with Gasteiger partial charge in [-0.3, -0.25) is 43.9 Å². The molecule has 406 valence electrons. The first kappa shape index (κ1) is 56.6. The molecular weight excluding hydrogens is 1010 g/mol. The minimum absolute atomic E-state index is 0.00163. The number of fused-ring (bicyclic) bond motifs is 5. The predicted molar refractivity (Wildman–Crippen MR) is 267 cm³/mol. The van der Waals surface area contributed by atoms with E-state index in [2.05, 4.69) is 10.2 Å². The molecule has 4 bridgehead atoms. The molecule has 4 saturated heterocycles. The van der Waals surface area contributed by atoms with Gasteiger partial charge in [-0.1, -0.05) is 42.3 Å². The van der Waals surface area contributed by atoms with Crippen LogP contribution in [0.1, 0.15) is 97.5 Å². The van der Waals surface area contributed by atoms with Crippen molar-refractivity contribution < 1.29 is 77.7 Å². The van der Waals surface area contributed by atoms with Crippen LogP contribution < -0.4 is 15.1 Å². The van der Waals surface area contributed by atoms with Gasteiger partial charge in [0.2, 0.25) is 29.5 Å². The van der Waals surface area contributed by atoms with Gasteiger partial charge in [0.25, 0.3) is 0 Å². The van der Waals surface area contributed by atoms with E-state index in [4.69, 9.17) is 30.5 Å². The Kier molecular flexibility index (Phi) is 17.9. The van der Waals surface area contributed by atoms with Crippen molar-refractivity contribution in [3.8, 4) is 5.75 Å². The van der Waals surface area contributed by atoms with Crippen LogP contribution in [0.2, 0.25) is 5.02 Å². The number of anilines is 1. The number of nitrogens with zero attached hydrogens (tertiary/aromatic N) is 4. The smallest absolute Gasteiger partial charge is 0.409 e. The number of hydrogen-bond acceptors (Lipinski definition) is 18. The lowest BCUT2D eigenvalue weighted by molar-refractivity contribution is -0.162. The number of halogens is 1. The number of esters is 1. The highest BCUT2D eigenvalue weighted by Crippen LogP contribution is 2.50. The third-order valence-electron chi connectivity index (χ3n) is 15.6. The summed E-state index contributed by atoms with van der Waals surface area (Å²) in [7, 11) is 4.39. The summed E-state index contributed by atoms with van der Waals surface area (Å²) < 4.78 is 23.8. The molecule has 23 heteroatoms. The van der Waals surface area contributed by atoms with Crippen LogP contribution in [0.3, 0.4) is 0 Å². The number of imide groups is 2. The van der Waals surface area contributed by atoms with Gasteiger partial charge in [-0.05, 0) is 76.5 Å². The lowest BCUT2D eigenvalue weighted by Gasteiger charge is -2.42. The maximum Gasteiger partial charge on any atom is 0.409 e. The van der Waals surface area contributed by atoms with Crippen molar-refractivity contribution in [2.24, 2.45) is 17.8 Å². The molecule has 5 aliphatic heterocycles. The van der Waals surface area contributed by atoms with Gasteiger partial charge in [0.05, 0.1) is 23.6 Å². The van der Waals surface area contributed by atoms with Crippen LogP contribution in [-0.2, 0) is 58.9 Å². The van der Waals surface area contributed by atoms with Gasteiger partial charge in [-0.15, -0.1) is 11.8 Å². The number of allylic oxidation sites excluding steroid dienone is 3. The Bertz CT molecular complexity index is 2420. The van der Waals surface area contributed by atoms with E-state index in [0.717, 1.165) is 10.5 Å². The molecule has 5 fully saturated rings. The largest absolute Gasteiger partial charge is 0.457 e. The summed E-state index contributed by atoms with van der Waals surface area (Å²) in [5.74, 6) is -3.55. The average Bonchev–Trinajstić information content (AvgIpc) is 3.87. The number of ketones is 1. The van der Waals surface area contributed by atoms with Crippen molar-refractivity contribution in [1.29, 1.82) is 0 Å². The van der Waals surface area contributed by atoms with Crippen LogP contribution in [0.15, 0.2) is 35.9 Å². The number of rotatable bonds is 14. The normalized spacial score (nSPS) is 33.2. The molecule has 1 aliphatic carbocycles. The van der Waals surface area contributed by atoms with Crippen molar-refractivity contribution in [3.05, 3.63) is 46.5 Å². The molecule has 1 aromatic rings. The lowest BCUT2D eigenvalue weighted by Crippen LogP contribution is -2.63. The highest BCUT2D eigenvalue weighted by molar-refractivity contribution is 8.00. The lowest BCUT2D eigenvalue weighted by atomic mass is 9.79. The van der Waals surface area contributed by atoms with E-state index in [0.29, 0.717) is 37.7 Å². The Morgan fingerprint density at radius 3 is 2.41 bits per heavy atom. The molecule has 74 heavy (non-hydrogen) atoms. The zero-order valence-corrected chi connectivity index (χ0v) is 44.4. The molecule has 4 N–H and O–H groups in total. The van der Waals surface area contributed by atoms with Crippen LogP contribution in [0.5, 0.6) is 5.75 Å². The Morgan fingerprint density at radius 2 is 1.74 bits per heavy atom. The minimum atomic E-state index is -1.90. The number of ether oxygens (including phenoxy) is 4. The minimum Gasteiger partial charge on any atom is -0.457 e. The molecule has 0 radical (unpaired) electrons. The number of aliphatic hydroxyl groups is 2. The Labute approximate surface area is 439 Å². The number of thioether (sulfide) groups is 1. The number of alkyl carbamates (subject to hydrolysis) is 1. The summed E-state index contributed by atoms with van der Waals surface area (Å²) in [4.78, 5) is 114. The van der Waals surface area contributed by atoms with E-state index in [1.165, 1.54) is 47.5 Å². The summed E-state index contributed by atoms with van der Waals surface area (Å²) in [6.45, 7) is 6.79. The summed E-state index contributed by atoms with van der Waals surface area (Å²) in [6.07, 6.45) is 1.31. The first-order chi connectivity index (χ1) is 35.0. The maximum atomic E-state index is 14.1. The van der Waals surface area contributed by atoms with Crippen LogP contribution in [-0.4, -0.2) is 171 Å². The third kappa shape index (κ3) is 12.4. The van der Waals surface area contributed by atoms with E-state index >= 15 is 0 Å². The highest BCUT2D eigenvalue weighted by atomic mass is 35.5. The fourth-order valence-electron chi connectivity index (χ4n) is 10.7. The van der Waals surface area contributed by atoms with Gasteiger partial charge >= 0.3 is 12.1 Å². The Morgan fingerprint density at radius 1 is 1.05 bits per heavy atom. The van der Waals surface area contributed by atoms with Gasteiger partial charge in [-0.2, -0.15) is 0 Å². The first-order valence-corrected chi connectivity index (χ1v) is 26.5. The van der Waals surface area contributed by atoms with Crippen LogP contribution >= 0.6 is 23.4 Å². The van der Waals surface area contributed by atoms with Crippen LogP contribution in [0.25, 0.3) is 0 Å². The van der Waals surface area contributed by atoms with Crippen molar-refractivity contribution in [3.63, 3.8) is 0 Å². The second-order valence-electron chi connectivity index (χ2n) is 20.7. The Balaban J connectivity index is 0.985. The second-order valence-corrected chi connectivity index (χ2v) is 22.4. The number of carbonyl (C=O) groups is 8. The molecule has 0 aromatic heterocycles. The van der Waals surface area contributed by atoms with Gasteiger partial charge in [0, 0.05) is 83.9 Å². The highest BCUT2D eigenvalue weighted by Gasteiger charge is 2.64. The number of hydrogen-bond donors (Lipinski definition) is 4. The first-order valence-electron chi connectivity index (χ1n) is 25.1. The van der Waals surface area contributed by atoms with Crippen molar-refractivity contribution in [2.45, 2.75) is 152 Å². The van der Waals surface area contributed by atoms with Gasteiger partial charge in [0.1, 0.15) is 41.2 Å². The van der Waals surface area contributed by atoms with Crippen molar-refractivity contribution in [2.75, 3.05) is 44.9 Å². The molecule has 1 aromatic carbocycles. The number of amides is 6. The van der Waals surface area contributed by atoms with Gasteiger partial charge in [0.15, 0.2) is 17.3 Å². The average molecular weight is 1070 g/mol. The summed E-state index contributed by atoms with van der Waals surface area (Å²) in [6, 6.07) is 2.11. The maximum absolute atomic E-state index is 14.1. The van der Waals surface area contributed by atoms with E-state index in [1.54, 1.807) is 51.3 Å². The van der Waals surface area contributed by atoms with Crippen LogP contribution in [0.4, 0.5) is 10.5 Å². The standard InChI is InChI=1S/C51H68ClN5O16S/c1-27-9-8-10-38(69-7)51(67)24-36(70-49(66)53-51)28(2)46-50(4,72-46)39(23-43(62)55(6)33-20-31(19-27)21-35(73-68)45(33)52)71-48(65)29(3)54(5)40(59)17-18-74-37-22-44(63)57(47(37)64)25-30-11-13-32(14-12-30)34(58)26-56-41(60)15-16-42(56)61/h8-10,20-21,28-30,32,36-39,43,46,62,67-68H,11-19,22-26H2,1-7H3,(H,53,66)/b10-8+,27-9+/t28-,29+,30-,32-,36+,37+,38-,39+,43?,46+,50+,51+/m1/s1. The fraction of sp³-hybridized carbons (Fsp3) is 0.647. The topological polar surface area (TPSA) is 272 Å². The summed E-state index contributed by atoms with van der Waals surface area (Å²) in [5.41, 5.74) is -1.44. The second kappa shape index (κ2) is 23.4. The number of methoxy groups -OCH3 is 1. The Hall–Kier alpha value is -5.10. The monoisotopic (exact) mass is 1070 g/mol. The predicted octanol–water partition coefficient (Wildman–Crippen LogP) is 3.92. The molecule has 21 nitrogen and oxygen atoms in total. The number of benzene rings is 1. The van der Waals surface area contributed by atoms with E-state index in [-0.39, 0.29) is 115 Å². The number of Topliss-reactive ketones (excluding diaryl/α,β-unsaturated/α-hetero) is 1. The van der Waals surface area contributed by atoms with Gasteiger partial charge < -0.3 is 43.8 Å². The number of epoxide rings is 1. The zero-order valence-electron chi connectivity index (χ0n) is 42.8. The van der Waals surface area contributed by atoms with E-state index in [1.807, 2.05) is 6.92 Å². The third-order valence-corrected chi connectivity index (χ3v) is 17.2. The molecule has 5 heterocycles. The number of carbonyl (C=O) groups excluding carboxylic acids is 8. The molecule has 10 atom stereocenters. The van der Waals surface area contributed by atoms with E-state index in [9.17, 15) is 53.8 Å². The van der Waals surface area contributed by atoms with E-state index < -0.39 is 77.1 Å². The van der Waals surface area contributed by atoms with Gasteiger partial charge in [-0.25, -0.2) is 14.8 Å². The molecule has 0 spiro atoms. The van der Waals surface area contributed by atoms with Crippen molar-refractivity contribution >= 4 is 76.4 Å². The number of nitrogens with one attached hydrogen (secondary N) is 1. The van der Waals surface area contributed by atoms with Crippen molar-refractivity contribution in [1.82, 2.24) is 20.0 Å². The number of aliphatic hydroxyl groups excluding tert-OH is 1. The SMILES string of the molecule is CO[C@@H]1/C=C/C=C(\C)Cc2cc(OO)c(Cl)c(c2)N(C)C(O)C[C@H](OC(=O)[C@H](C)N(C)C(=O)CCS[C@H]2CC(=O)N(C[C@H]3CC[C@H](C(=O)CN4C(=O)CCC4=O)CC3)C2=O)[C@]2(C)O[C@H]2[C@H](C)[C@@H]2C[C@@]1(O)NC(=O)O2. The quantitative estimate of drug-likeness (QED) is 0.0676. The molecular formula is C51H68ClN5O16S. The fourth-order valence-corrected chi connectivity index (χ4v) is 12.1. The summed E-state index contributed by atoms with van der Waals surface area (Å²) in [5, 5.41) is 35.3. The number of likely N-dealkylation sites (N-methyl/N-ethyl adjacent to an activating group) is 1. The zero-order chi connectivity index (χ0) is 54.0. The number of likely N-dealkylation sites (tertiary alicyclic amines) is 2. The van der Waals surface area contributed by atoms with Crippen LogP contribution in [0, 0.1) is 17.8 Å². The molecule has 6 amide bonds. The molecule has 6 aliphatic rings. The molecule has 1 saturated carbocycles. The molecule has 1 unspecified atom stereocenters.